The molecular formula is C7H6BrN3. The quantitative estimate of drug-likeness (QED) is 0.665. The molecule has 0 fully saturated rings. The van der Waals surface area contributed by atoms with Gasteiger partial charge < -0.3 is 0 Å². The first-order chi connectivity index (χ1) is 5.29. The fourth-order valence-electron chi connectivity index (χ4n) is 1.06. The summed E-state index contributed by atoms with van der Waals surface area (Å²) in [4.78, 5) is 4.01. The summed E-state index contributed by atoms with van der Waals surface area (Å²) in [5.41, 5.74) is 1.04. The minimum absolute atomic E-state index is 0.873. The molecule has 2 heterocycles. The van der Waals surface area contributed by atoms with Crippen LogP contribution in [0.2, 0.25) is 0 Å². The molecule has 11 heavy (non-hydrogen) atoms. The number of aromatic nitrogens is 3. The first-order valence-electron chi connectivity index (χ1n) is 3.21. The second-order valence-electron chi connectivity index (χ2n) is 2.31. The van der Waals surface area contributed by atoms with Crippen LogP contribution in [0.3, 0.4) is 0 Å². The maximum atomic E-state index is 4.18. The molecule has 0 N–H and O–H groups in total. The van der Waals surface area contributed by atoms with Crippen molar-refractivity contribution in [2.24, 2.45) is 7.05 Å². The molecule has 0 atom stereocenters. The molecule has 0 saturated carbocycles. The third-order valence-electron chi connectivity index (χ3n) is 1.61. The Morgan fingerprint density at radius 3 is 3.09 bits per heavy atom. The van der Waals surface area contributed by atoms with Gasteiger partial charge in [-0.1, -0.05) is 0 Å². The summed E-state index contributed by atoms with van der Waals surface area (Å²) < 4.78 is 2.67. The average molecular weight is 212 g/mol. The van der Waals surface area contributed by atoms with Crippen LogP contribution in [0.15, 0.2) is 23.1 Å². The maximum Gasteiger partial charge on any atom is 0.136 e. The molecule has 4 heteroatoms. The summed E-state index contributed by atoms with van der Waals surface area (Å²) in [6.45, 7) is 0. The zero-order valence-corrected chi connectivity index (χ0v) is 7.54. The van der Waals surface area contributed by atoms with E-state index in [4.69, 9.17) is 0 Å². The minimum atomic E-state index is 0.873. The lowest BCUT2D eigenvalue weighted by atomic mass is 10.3. The number of nitrogens with zero attached hydrogens (tertiary/aromatic N) is 3. The standard InChI is InChI=1S/C7H6BrN3/c1-11-6-4-9-3-2-5(6)7(8)10-11/h2-4H,1H3. The van der Waals surface area contributed by atoms with Gasteiger partial charge in [0.05, 0.1) is 11.7 Å². The normalized spacial score (nSPS) is 10.7. The molecule has 0 bridgehead atoms. The topological polar surface area (TPSA) is 30.7 Å². The van der Waals surface area contributed by atoms with Gasteiger partial charge >= 0.3 is 0 Å². The molecule has 0 aliphatic carbocycles. The summed E-state index contributed by atoms with van der Waals surface area (Å²) in [5, 5.41) is 5.28. The van der Waals surface area contributed by atoms with Crippen molar-refractivity contribution >= 4 is 26.8 Å². The molecule has 2 aromatic heterocycles. The molecule has 0 spiro atoms. The smallest absolute Gasteiger partial charge is 0.136 e. The van der Waals surface area contributed by atoms with Crippen LogP contribution < -0.4 is 0 Å². The summed E-state index contributed by atoms with van der Waals surface area (Å²) >= 11 is 3.36. The Morgan fingerprint density at radius 1 is 1.55 bits per heavy atom. The zero-order valence-electron chi connectivity index (χ0n) is 5.95. The van der Waals surface area contributed by atoms with E-state index in [-0.39, 0.29) is 0 Å². The third kappa shape index (κ3) is 0.939. The van der Waals surface area contributed by atoms with Crippen LogP contribution in [0.4, 0.5) is 0 Å². The van der Waals surface area contributed by atoms with Crippen molar-refractivity contribution in [2.45, 2.75) is 0 Å². The van der Waals surface area contributed by atoms with Crippen molar-refractivity contribution < 1.29 is 0 Å². The zero-order chi connectivity index (χ0) is 7.84. The fourth-order valence-corrected chi connectivity index (χ4v) is 1.63. The first kappa shape index (κ1) is 6.79. The lowest BCUT2D eigenvalue weighted by molar-refractivity contribution is 0.787. The van der Waals surface area contributed by atoms with Gasteiger partial charge in [0.2, 0.25) is 0 Å². The van der Waals surface area contributed by atoms with Crippen LogP contribution in [-0.2, 0) is 7.05 Å². The Balaban J connectivity index is 2.95. The Bertz CT molecular complexity index is 357. The van der Waals surface area contributed by atoms with Crippen LogP contribution in [-0.4, -0.2) is 14.8 Å². The van der Waals surface area contributed by atoms with Crippen LogP contribution >= 0.6 is 15.9 Å². The molecular weight excluding hydrogens is 206 g/mol. The Hall–Kier alpha value is -0.900. The summed E-state index contributed by atoms with van der Waals surface area (Å²) in [6, 6.07) is 1.94. The molecule has 0 saturated heterocycles. The van der Waals surface area contributed by atoms with Crippen LogP contribution in [0.5, 0.6) is 0 Å². The van der Waals surface area contributed by atoms with E-state index >= 15 is 0 Å². The highest BCUT2D eigenvalue weighted by atomic mass is 79.9. The first-order valence-corrected chi connectivity index (χ1v) is 4.00. The fraction of sp³-hybridized carbons (Fsp3) is 0.143. The van der Waals surface area contributed by atoms with Crippen molar-refractivity contribution in [3.63, 3.8) is 0 Å². The lowest BCUT2D eigenvalue weighted by Crippen LogP contribution is -1.88. The van der Waals surface area contributed by atoms with Crippen molar-refractivity contribution in [3.8, 4) is 0 Å². The molecule has 0 unspecified atom stereocenters. The Kier molecular flexibility index (Phi) is 1.42. The molecule has 2 aromatic rings. The second-order valence-corrected chi connectivity index (χ2v) is 3.06. The monoisotopic (exact) mass is 211 g/mol. The number of rotatable bonds is 0. The molecule has 0 aliphatic heterocycles. The van der Waals surface area contributed by atoms with Gasteiger partial charge in [-0.15, -0.1) is 0 Å². The summed E-state index contributed by atoms with van der Waals surface area (Å²) in [6.07, 6.45) is 3.56. The van der Waals surface area contributed by atoms with Gasteiger partial charge in [0, 0.05) is 18.6 Å². The van der Waals surface area contributed by atoms with E-state index < -0.39 is 0 Å². The number of hydrogen-bond donors (Lipinski definition) is 0. The van der Waals surface area contributed by atoms with Crippen molar-refractivity contribution in [1.29, 1.82) is 0 Å². The summed E-state index contributed by atoms with van der Waals surface area (Å²) in [7, 11) is 1.90. The van der Waals surface area contributed by atoms with E-state index in [1.165, 1.54) is 0 Å². The predicted octanol–water partition coefficient (Wildman–Crippen LogP) is 1.73. The van der Waals surface area contributed by atoms with Crippen molar-refractivity contribution in [1.82, 2.24) is 14.8 Å². The van der Waals surface area contributed by atoms with Gasteiger partial charge in [-0.05, 0) is 22.0 Å². The van der Waals surface area contributed by atoms with Crippen LogP contribution in [0, 0.1) is 0 Å². The second kappa shape index (κ2) is 2.30. The van der Waals surface area contributed by atoms with Gasteiger partial charge in [-0.3, -0.25) is 9.67 Å². The highest BCUT2D eigenvalue weighted by molar-refractivity contribution is 9.10. The van der Waals surface area contributed by atoms with Gasteiger partial charge in [-0.25, -0.2) is 0 Å². The SMILES string of the molecule is Cn1nc(Br)c2ccncc21. The number of hydrogen-bond acceptors (Lipinski definition) is 2. The minimum Gasteiger partial charge on any atom is -0.265 e. The van der Waals surface area contributed by atoms with Crippen molar-refractivity contribution in [3.05, 3.63) is 23.1 Å². The van der Waals surface area contributed by atoms with Gasteiger partial charge in [0.15, 0.2) is 0 Å². The maximum absolute atomic E-state index is 4.18. The van der Waals surface area contributed by atoms with Gasteiger partial charge in [0.25, 0.3) is 0 Å². The van der Waals surface area contributed by atoms with Crippen LogP contribution in [0.1, 0.15) is 0 Å². The predicted molar refractivity (Wildman–Crippen MR) is 46.2 cm³/mol. The summed E-state index contributed by atoms with van der Waals surface area (Å²) in [5.74, 6) is 0. The van der Waals surface area contributed by atoms with E-state index in [9.17, 15) is 0 Å². The molecule has 3 nitrogen and oxygen atoms in total. The van der Waals surface area contributed by atoms with E-state index in [2.05, 4.69) is 26.0 Å². The van der Waals surface area contributed by atoms with E-state index in [0.29, 0.717) is 0 Å². The number of halogens is 1. The Morgan fingerprint density at radius 2 is 2.36 bits per heavy atom. The molecule has 56 valence electrons. The highest BCUT2D eigenvalue weighted by Crippen LogP contribution is 2.20. The molecule has 0 amide bonds. The van der Waals surface area contributed by atoms with Crippen molar-refractivity contribution in [2.75, 3.05) is 0 Å². The average Bonchev–Trinajstić information content (AvgIpc) is 2.30. The number of aryl methyl sites for hydroxylation is 1. The lowest BCUT2D eigenvalue weighted by Gasteiger charge is -1.89. The molecule has 0 radical (unpaired) electrons. The van der Waals surface area contributed by atoms with E-state index in [1.54, 1.807) is 17.1 Å². The number of pyridine rings is 1. The number of fused-ring (bicyclic) bond motifs is 1. The molecule has 0 aliphatic rings. The van der Waals surface area contributed by atoms with Gasteiger partial charge in [-0.2, -0.15) is 5.10 Å². The van der Waals surface area contributed by atoms with E-state index in [0.717, 1.165) is 15.5 Å². The third-order valence-corrected chi connectivity index (χ3v) is 2.19. The van der Waals surface area contributed by atoms with E-state index in [1.807, 2.05) is 13.1 Å². The Labute approximate surface area is 72.2 Å². The van der Waals surface area contributed by atoms with Gasteiger partial charge in [0.1, 0.15) is 4.60 Å². The largest absolute Gasteiger partial charge is 0.265 e. The molecule has 2 rings (SSSR count). The highest BCUT2D eigenvalue weighted by Gasteiger charge is 2.03. The molecule has 0 aromatic carbocycles. The van der Waals surface area contributed by atoms with Crippen LogP contribution in [0.25, 0.3) is 10.9 Å².